The van der Waals surface area contributed by atoms with Gasteiger partial charge in [0.15, 0.2) is 6.29 Å². The minimum Gasteiger partial charge on any atom is -0.390 e. The number of rotatable bonds is 2. The highest BCUT2D eigenvalue weighted by atomic mass is 16.7. The van der Waals surface area contributed by atoms with Gasteiger partial charge in [0.25, 0.3) is 0 Å². The largest absolute Gasteiger partial charge is 0.390 e. The molecule has 0 unspecified atom stereocenters. The van der Waals surface area contributed by atoms with Gasteiger partial charge in [-0.25, -0.2) is 0 Å². The first-order valence-corrected chi connectivity index (χ1v) is 11.8. The Balaban J connectivity index is 2.26. The normalized spacial score (nSPS) is 44.5. The van der Waals surface area contributed by atoms with Crippen LogP contribution in [0.5, 0.6) is 0 Å². The van der Waals surface area contributed by atoms with Gasteiger partial charge in [-0.1, -0.05) is 73.8 Å². The first-order chi connectivity index (χ1) is 17.0. The van der Waals surface area contributed by atoms with Gasteiger partial charge in [-0.2, -0.15) is 0 Å². The zero-order valence-corrected chi connectivity index (χ0v) is 20.5. The Labute approximate surface area is 211 Å². The van der Waals surface area contributed by atoms with Crippen molar-refractivity contribution in [3.63, 3.8) is 0 Å². The summed E-state index contributed by atoms with van der Waals surface area (Å²) in [4.78, 5) is 12.1. The van der Waals surface area contributed by atoms with Crippen LogP contribution < -0.4 is 11.1 Å². The van der Waals surface area contributed by atoms with Gasteiger partial charge in [0.2, 0.25) is 5.91 Å². The molecule has 0 bridgehead atoms. The molecule has 8 N–H and O–H groups in total. The van der Waals surface area contributed by atoms with Crippen molar-refractivity contribution in [3.8, 4) is 0 Å². The van der Waals surface area contributed by atoms with E-state index in [0.29, 0.717) is 0 Å². The van der Waals surface area contributed by atoms with Gasteiger partial charge >= 0.3 is 0 Å². The summed E-state index contributed by atoms with van der Waals surface area (Å²) in [5.74, 6) is -0.809. The molecule has 200 valence electrons. The van der Waals surface area contributed by atoms with Crippen molar-refractivity contribution in [2.75, 3.05) is 13.2 Å². The minimum atomic E-state index is -1.57. The monoisotopic (exact) mass is 506 g/mol. The third-order valence-electron chi connectivity index (χ3n) is 5.86. The fourth-order valence-electron chi connectivity index (χ4n) is 3.45. The number of hydrogen-bond donors (Lipinski definition) is 7. The molecule has 0 radical (unpaired) electrons. The van der Waals surface area contributed by atoms with Crippen LogP contribution in [-0.4, -0.2) is 93.0 Å². The Morgan fingerprint density at radius 3 is 2.33 bits per heavy atom. The van der Waals surface area contributed by atoms with Crippen molar-refractivity contribution >= 4 is 5.91 Å². The highest BCUT2D eigenvalue weighted by Crippen LogP contribution is 2.23. The molecule has 0 saturated carbocycles. The topological polar surface area (TPSA) is 175 Å². The number of nitrogens with two attached hydrogens (primary N) is 1. The molecule has 2 rings (SSSR count). The lowest BCUT2D eigenvalue weighted by Crippen LogP contribution is -2.59. The number of aliphatic hydroxyl groups is 5. The maximum Gasteiger partial charge on any atom is 0.243 e. The van der Waals surface area contributed by atoms with Gasteiger partial charge in [0.05, 0.1) is 24.9 Å². The molecule has 1 amide bonds. The van der Waals surface area contributed by atoms with E-state index < -0.39 is 60.3 Å². The lowest BCUT2D eigenvalue weighted by Gasteiger charge is -2.39. The Hall–Kier alpha value is -2.41. The van der Waals surface area contributed by atoms with Crippen molar-refractivity contribution in [3.05, 3.63) is 72.9 Å². The van der Waals surface area contributed by atoms with Crippen LogP contribution >= 0.6 is 0 Å². The molecule has 0 spiro atoms. The Kier molecular flexibility index (Phi) is 11.9. The van der Waals surface area contributed by atoms with Crippen molar-refractivity contribution in [2.24, 2.45) is 11.7 Å². The average molecular weight is 507 g/mol. The van der Waals surface area contributed by atoms with Crippen LogP contribution in [0.25, 0.3) is 0 Å². The quantitative estimate of drug-likeness (QED) is 0.257. The zero-order valence-electron chi connectivity index (χ0n) is 20.5. The van der Waals surface area contributed by atoms with E-state index in [1.165, 1.54) is 37.3 Å². The number of carbonyl (C=O) groups excluding carboxylic acids is 1. The third kappa shape index (κ3) is 9.23. The van der Waals surface area contributed by atoms with Crippen LogP contribution in [0.15, 0.2) is 72.9 Å². The number of amides is 1. The molecule has 10 nitrogen and oxygen atoms in total. The molecule has 0 aromatic rings. The molecule has 10 heteroatoms. The molecule has 9 atom stereocenters. The van der Waals surface area contributed by atoms with E-state index in [0.717, 1.165) is 0 Å². The maximum atomic E-state index is 12.1. The van der Waals surface area contributed by atoms with Crippen molar-refractivity contribution in [1.29, 1.82) is 0 Å². The summed E-state index contributed by atoms with van der Waals surface area (Å²) in [6.45, 7) is 3.19. The molecule has 1 saturated heterocycles. The van der Waals surface area contributed by atoms with Crippen molar-refractivity contribution in [2.45, 2.75) is 62.3 Å². The second-order valence-electron chi connectivity index (χ2n) is 9.08. The summed E-state index contributed by atoms with van der Waals surface area (Å²) >= 11 is 0. The Bertz CT molecular complexity index is 879. The molecule has 36 heavy (non-hydrogen) atoms. The molecule has 0 aliphatic carbocycles. The second kappa shape index (κ2) is 14.4. The molecule has 1 fully saturated rings. The number of carbonyl (C=O) groups is 1. The first kappa shape index (κ1) is 29.8. The van der Waals surface area contributed by atoms with Gasteiger partial charge < -0.3 is 46.1 Å². The summed E-state index contributed by atoms with van der Waals surface area (Å²) in [6.07, 6.45) is 12.1. The lowest BCUT2D eigenvalue weighted by atomic mass is 9.96. The lowest BCUT2D eigenvalue weighted by molar-refractivity contribution is -0.251. The fraction of sp³-hybridized carbons (Fsp3) is 0.500. The number of allylic oxidation sites excluding steroid dienone is 8. The third-order valence-corrected chi connectivity index (χ3v) is 5.86. The molecule has 2 heterocycles. The fourth-order valence-corrected chi connectivity index (χ4v) is 3.45. The smallest absolute Gasteiger partial charge is 0.243 e. The number of ether oxygens (including phenoxy) is 2. The highest BCUT2D eigenvalue weighted by Gasteiger charge is 2.40. The van der Waals surface area contributed by atoms with E-state index in [9.17, 15) is 30.3 Å². The van der Waals surface area contributed by atoms with Gasteiger partial charge in [-0.15, -0.1) is 0 Å². The molecule has 2 aliphatic rings. The van der Waals surface area contributed by atoms with Crippen LogP contribution in [0.2, 0.25) is 0 Å². The van der Waals surface area contributed by atoms with Gasteiger partial charge in [-0.05, 0) is 6.92 Å². The Morgan fingerprint density at radius 2 is 1.64 bits per heavy atom. The minimum absolute atomic E-state index is 0.151. The van der Waals surface area contributed by atoms with Crippen molar-refractivity contribution in [1.82, 2.24) is 5.32 Å². The molecular formula is C26H38N2O8. The van der Waals surface area contributed by atoms with E-state index in [1.807, 2.05) is 0 Å². The van der Waals surface area contributed by atoms with E-state index in [2.05, 4.69) is 5.32 Å². The van der Waals surface area contributed by atoms with Crippen LogP contribution in [0.1, 0.15) is 13.8 Å². The van der Waals surface area contributed by atoms with Crippen LogP contribution in [0.3, 0.4) is 0 Å². The van der Waals surface area contributed by atoms with Crippen LogP contribution in [-0.2, 0) is 14.3 Å². The zero-order chi connectivity index (χ0) is 26.7. The average Bonchev–Trinajstić information content (AvgIpc) is 2.84. The number of hydrogen-bond acceptors (Lipinski definition) is 9. The predicted molar refractivity (Wildman–Crippen MR) is 134 cm³/mol. The molecular weight excluding hydrogens is 468 g/mol. The number of aliphatic hydroxyl groups excluding tert-OH is 4. The highest BCUT2D eigenvalue weighted by molar-refractivity contribution is 5.87. The summed E-state index contributed by atoms with van der Waals surface area (Å²) in [6, 6.07) is -1.03. The summed E-state index contributed by atoms with van der Waals surface area (Å²) in [7, 11) is 0. The van der Waals surface area contributed by atoms with E-state index >= 15 is 0 Å². The second-order valence-corrected chi connectivity index (χ2v) is 9.08. The van der Waals surface area contributed by atoms with Gasteiger partial charge in [0, 0.05) is 18.5 Å². The summed E-state index contributed by atoms with van der Waals surface area (Å²) < 4.78 is 11.3. The van der Waals surface area contributed by atoms with Crippen molar-refractivity contribution < 1.29 is 39.8 Å². The molecule has 0 aromatic carbocycles. The maximum absolute atomic E-state index is 12.1. The van der Waals surface area contributed by atoms with Gasteiger partial charge in [0.1, 0.15) is 23.9 Å². The standard InChI is InChI=1S/C26H38N2O8/c1-17-15-28-21(31)13-9-10-14-26(2,34)20(36-25-22(27)24(33)19(30)16-35-25)12-8-6-4-3-5-7-11-18(29)23(17)32/h3-14,17-20,22-25,29-30,32-34H,15-16,27H2,1-2H3,(H,28,31)/b5-3-,6-4-,11-7-,12-8-,13-9-,14-10-/t17-,18-,19+,20-,22+,23+,24-,25-,26+/m1/s1. The molecule has 2 aliphatic heterocycles. The molecule has 0 aromatic heterocycles. The van der Waals surface area contributed by atoms with E-state index in [4.69, 9.17) is 15.2 Å². The van der Waals surface area contributed by atoms with Crippen LogP contribution in [0.4, 0.5) is 0 Å². The summed E-state index contributed by atoms with van der Waals surface area (Å²) in [5, 5.41) is 53.9. The first-order valence-electron chi connectivity index (χ1n) is 11.8. The van der Waals surface area contributed by atoms with E-state index in [-0.39, 0.29) is 13.2 Å². The predicted octanol–water partition coefficient (Wildman–Crippen LogP) is -0.647. The SMILES string of the molecule is C[C@@H]1CNC(=O)/C=C\C=C/[C@](C)(O)[C@H](O[C@H]2OC[C@H](O)[C@@H](O)[C@@H]2N)\C=C/C=C\C=C/C=C\[C@@H](O)[C@H]1O. The van der Waals surface area contributed by atoms with E-state index in [1.54, 1.807) is 49.5 Å². The van der Waals surface area contributed by atoms with Gasteiger partial charge in [-0.3, -0.25) is 4.79 Å². The number of nitrogens with one attached hydrogen (secondary N) is 1. The Morgan fingerprint density at radius 1 is 1.00 bits per heavy atom. The van der Waals surface area contributed by atoms with Crippen LogP contribution in [0, 0.1) is 5.92 Å². The summed E-state index contributed by atoms with van der Waals surface area (Å²) in [5.41, 5.74) is 4.39.